The third kappa shape index (κ3) is 5.61. The van der Waals surface area contributed by atoms with Crippen molar-refractivity contribution in [3.63, 3.8) is 0 Å². The van der Waals surface area contributed by atoms with Crippen molar-refractivity contribution in [3.8, 4) is 5.75 Å². The van der Waals surface area contributed by atoms with E-state index in [4.69, 9.17) is 10.5 Å². The maximum atomic E-state index is 11.7. The topological polar surface area (TPSA) is 57.2 Å². The van der Waals surface area contributed by atoms with Gasteiger partial charge in [0.25, 0.3) is 0 Å². The van der Waals surface area contributed by atoms with Gasteiger partial charge in [-0.25, -0.2) is 0 Å². The lowest BCUT2D eigenvalue weighted by atomic mass is 10.0. The number of benzene rings is 4. The number of rotatable bonds is 9. The van der Waals surface area contributed by atoms with E-state index in [0.717, 1.165) is 34.2 Å². The zero-order valence-electron chi connectivity index (χ0n) is 19.6. The van der Waals surface area contributed by atoms with Crippen LogP contribution in [-0.2, 0) is 30.8 Å². The molecule has 0 radical (unpaired) electrons. The van der Waals surface area contributed by atoms with Gasteiger partial charge in [0, 0.05) is 23.6 Å². The second-order valence-corrected chi connectivity index (χ2v) is 8.86. The van der Waals surface area contributed by atoms with Crippen molar-refractivity contribution in [2.45, 2.75) is 26.0 Å². The highest BCUT2D eigenvalue weighted by Crippen LogP contribution is 2.28. The Morgan fingerprint density at radius 1 is 0.743 bits per heavy atom. The Hall–Kier alpha value is -4.31. The van der Waals surface area contributed by atoms with Crippen LogP contribution < -0.4 is 10.5 Å². The molecule has 0 aliphatic carbocycles. The van der Waals surface area contributed by atoms with Gasteiger partial charge in [-0.15, -0.1) is 0 Å². The van der Waals surface area contributed by atoms with Crippen molar-refractivity contribution in [1.82, 2.24) is 4.57 Å². The molecule has 4 heteroatoms. The smallest absolute Gasteiger partial charge is 0.221 e. The highest BCUT2D eigenvalue weighted by Gasteiger charge is 2.13. The number of nitrogens with zero attached hydrogens (tertiary/aromatic N) is 1. The molecule has 0 unspecified atom stereocenters. The summed E-state index contributed by atoms with van der Waals surface area (Å²) in [6, 6.07) is 35.3. The first kappa shape index (κ1) is 22.5. The summed E-state index contributed by atoms with van der Waals surface area (Å²) in [5.41, 5.74) is 12.4. The molecule has 1 aromatic heterocycles. The lowest BCUT2D eigenvalue weighted by Gasteiger charge is -2.09. The van der Waals surface area contributed by atoms with Gasteiger partial charge < -0.3 is 15.0 Å². The van der Waals surface area contributed by atoms with Gasteiger partial charge in [-0.05, 0) is 52.4 Å². The van der Waals surface area contributed by atoms with Crippen LogP contribution in [0.15, 0.2) is 109 Å². The fraction of sp³-hybridized carbons (Fsp3) is 0.129. The molecular weight excluding hydrogens is 432 g/mol. The van der Waals surface area contributed by atoms with Gasteiger partial charge in [-0.1, -0.05) is 84.9 Å². The Bertz CT molecular complexity index is 1420. The van der Waals surface area contributed by atoms with Gasteiger partial charge in [-0.2, -0.15) is 0 Å². The molecule has 0 aliphatic rings. The molecule has 2 N–H and O–H groups in total. The second kappa shape index (κ2) is 10.3. The minimum atomic E-state index is -0.343. The molecule has 0 bridgehead atoms. The Morgan fingerprint density at radius 2 is 1.37 bits per heavy atom. The minimum Gasteiger partial charge on any atom is -0.489 e. The van der Waals surface area contributed by atoms with Gasteiger partial charge in [0.2, 0.25) is 5.91 Å². The first-order valence-corrected chi connectivity index (χ1v) is 11.8. The second-order valence-electron chi connectivity index (χ2n) is 8.86. The molecule has 0 aliphatic heterocycles. The lowest BCUT2D eigenvalue weighted by Crippen LogP contribution is -2.13. The molecule has 0 saturated carbocycles. The molecule has 0 atom stereocenters. The molecule has 5 rings (SSSR count). The third-order valence-corrected chi connectivity index (χ3v) is 6.18. The summed E-state index contributed by atoms with van der Waals surface area (Å²) in [6.07, 6.45) is 3.15. The van der Waals surface area contributed by atoms with E-state index in [1.807, 2.05) is 54.7 Å². The van der Waals surface area contributed by atoms with Gasteiger partial charge in [-0.3, -0.25) is 4.79 Å². The molecule has 174 valence electrons. The Kier molecular flexibility index (Phi) is 6.62. The average Bonchev–Trinajstić information content (AvgIpc) is 3.21. The normalized spacial score (nSPS) is 11.0. The summed E-state index contributed by atoms with van der Waals surface area (Å²) < 4.78 is 8.21. The standard InChI is InChI=1S/C31H28N2O2/c32-31(34)18-27-21-33(20-25-13-11-24(12-14-25)17-23-7-3-1-4-8-23)30-16-15-28(19-29(27)30)35-22-26-9-5-2-6-10-26/h1-16,19,21H,17-18,20,22H2,(H2,32,34). The molecule has 4 nitrogen and oxygen atoms in total. The molecule has 1 amide bonds. The first-order valence-electron chi connectivity index (χ1n) is 11.8. The van der Waals surface area contributed by atoms with Crippen molar-refractivity contribution in [3.05, 3.63) is 137 Å². The SMILES string of the molecule is NC(=O)Cc1cn(Cc2ccc(Cc3ccccc3)cc2)c2ccc(OCc3ccccc3)cc12. The van der Waals surface area contributed by atoms with Crippen LogP contribution in [0.3, 0.4) is 0 Å². The van der Waals surface area contributed by atoms with Crippen LogP contribution in [0.4, 0.5) is 0 Å². The van der Waals surface area contributed by atoms with Crippen molar-refractivity contribution in [2.24, 2.45) is 5.73 Å². The number of aromatic nitrogens is 1. The summed E-state index contributed by atoms with van der Waals surface area (Å²) in [5.74, 6) is 0.431. The summed E-state index contributed by atoms with van der Waals surface area (Å²) in [7, 11) is 0. The predicted octanol–water partition coefficient (Wildman–Crippen LogP) is 5.89. The number of amides is 1. The molecule has 5 aromatic rings. The average molecular weight is 461 g/mol. The molecule has 0 spiro atoms. The predicted molar refractivity (Wildman–Crippen MR) is 140 cm³/mol. The molecule has 0 saturated heterocycles. The van der Waals surface area contributed by atoms with Gasteiger partial charge in [0.1, 0.15) is 12.4 Å². The number of carbonyl (C=O) groups is 1. The summed E-state index contributed by atoms with van der Waals surface area (Å²) in [6.45, 7) is 1.21. The van der Waals surface area contributed by atoms with E-state index in [9.17, 15) is 4.79 Å². The fourth-order valence-electron chi connectivity index (χ4n) is 4.43. The molecule has 35 heavy (non-hydrogen) atoms. The molecule has 1 heterocycles. The van der Waals surface area contributed by atoms with Gasteiger partial charge >= 0.3 is 0 Å². The summed E-state index contributed by atoms with van der Waals surface area (Å²) in [4.78, 5) is 11.7. The molecule has 0 fully saturated rings. The quantitative estimate of drug-likeness (QED) is 0.298. The van der Waals surface area contributed by atoms with E-state index >= 15 is 0 Å². The zero-order chi connectivity index (χ0) is 24.0. The maximum Gasteiger partial charge on any atom is 0.221 e. The Morgan fingerprint density at radius 3 is 2.06 bits per heavy atom. The van der Waals surface area contributed by atoms with E-state index < -0.39 is 0 Å². The van der Waals surface area contributed by atoms with Gasteiger partial charge in [0.15, 0.2) is 0 Å². The number of fused-ring (bicyclic) bond motifs is 1. The van der Waals surface area contributed by atoms with Gasteiger partial charge in [0.05, 0.1) is 6.42 Å². The van der Waals surface area contributed by atoms with E-state index in [-0.39, 0.29) is 12.3 Å². The number of ether oxygens (including phenoxy) is 1. The van der Waals surface area contributed by atoms with Crippen LogP contribution in [0, 0.1) is 0 Å². The summed E-state index contributed by atoms with van der Waals surface area (Å²) >= 11 is 0. The van der Waals surface area contributed by atoms with Crippen LogP contribution in [0.2, 0.25) is 0 Å². The van der Waals surface area contributed by atoms with Crippen molar-refractivity contribution in [1.29, 1.82) is 0 Å². The van der Waals surface area contributed by atoms with Crippen LogP contribution >= 0.6 is 0 Å². The molecule has 4 aromatic carbocycles. The van der Waals surface area contributed by atoms with E-state index in [0.29, 0.717) is 13.2 Å². The zero-order valence-corrected chi connectivity index (χ0v) is 19.6. The third-order valence-electron chi connectivity index (χ3n) is 6.18. The largest absolute Gasteiger partial charge is 0.489 e. The van der Waals surface area contributed by atoms with Crippen LogP contribution in [-0.4, -0.2) is 10.5 Å². The monoisotopic (exact) mass is 460 g/mol. The maximum absolute atomic E-state index is 11.7. The van der Waals surface area contributed by atoms with Crippen LogP contribution in [0.1, 0.15) is 27.8 Å². The van der Waals surface area contributed by atoms with E-state index in [2.05, 4.69) is 59.2 Å². The highest BCUT2D eigenvalue weighted by atomic mass is 16.5. The lowest BCUT2D eigenvalue weighted by molar-refractivity contribution is -0.117. The van der Waals surface area contributed by atoms with E-state index in [1.165, 1.54) is 16.7 Å². The van der Waals surface area contributed by atoms with Crippen molar-refractivity contribution in [2.75, 3.05) is 0 Å². The van der Waals surface area contributed by atoms with Crippen LogP contribution in [0.5, 0.6) is 5.75 Å². The number of hydrogen-bond donors (Lipinski definition) is 1. The molecular formula is C31H28N2O2. The Balaban J connectivity index is 1.36. The Labute approximate surface area is 205 Å². The van der Waals surface area contributed by atoms with E-state index in [1.54, 1.807) is 0 Å². The fourth-order valence-corrected chi connectivity index (χ4v) is 4.43. The summed E-state index contributed by atoms with van der Waals surface area (Å²) in [5, 5.41) is 0.995. The van der Waals surface area contributed by atoms with Crippen LogP contribution in [0.25, 0.3) is 10.9 Å². The first-order chi connectivity index (χ1) is 17.1. The number of primary amides is 1. The minimum absolute atomic E-state index is 0.196. The van der Waals surface area contributed by atoms with Crippen molar-refractivity contribution >= 4 is 16.8 Å². The number of hydrogen-bond acceptors (Lipinski definition) is 2. The number of nitrogens with two attached hydrogens (primary N) is 1. The number of carbonyl (C=O) groups excluding carboxylic acids is 1. The van der Waals surface area contributed by atoms with Crippen molar-refractivity contribution < 1.29 is 9.53 Å². The highest BCUT2D eigenvalue weighted by molar-refractivity contribution is 5.90.